The molecule has 0 aliphatic heterocycles. The van der Waals surface area contributed by atoms with Gasteiger partial charge >= 0.3 is 0 Å². The van der Waals surface area contributed by atoms with Crippen LogP contribution in [0.2, 0.25) is 0 Å². The van der Waals surface area contributed by atoms with Crippen LogP contribution < -0.4 is 9.47 Å². The molecule has 0 aliphatic carbocycles. The third kappa shape index (κ3) is 4.14. The molecule has 29 heavy (non-hydrogen) atoms. The van der Waals surface area contributed by atoms with E-state index in [2.05, 4.69) is 55.5 Å². The summed E-state index contributed by atoms with van der Waals surface area (Å²) in [6.07, 6.45) is 0. The first-order valence-electron chi connectivity index (χ1n) is 9.54. The molecule has 0 saturated heterocycles. The standard InChI is InChI=1S/C26H23NO2/c1-18-4-6-20(7-5-18)25-16-22(19-8-12-23(28-2)13-9-19)17-26(27-25)21-10-14-24(29-3)15-11-21/h4-17H,1-3H3. The highest BCUT2D eigenvalue weighted by Crippen LogP contribution is 2.31. The van der Waals surface area contributed by atoms with Crippen molar-refractivity contribution in [3.63, 3.8) is 0 Å². The predicted octanol–water partition coefficient (Wildman–Crippen LogP) is 6.41. The molecule has 0 spiro atoms. The molecule has 3 heteroatoms. The summed E-state index contributed by atoms with van der Waals surface area (Å²) in [6, 6.07) is 28.8. The minimum Gasteiger partial charge on any atom is -0.497 e. The van der Waals surface area contributed by atoms with Crippen molar-refractivity contribution in [2.75, 3.05) is 14.2 Å². The normalized spacial score (nSPS) is 10.6. The molecule has 3 nitrogen and oxygen atoms in total. The van der Waals surface area contributed by atoms with Crippen molar-refractivity contribution in [2.45, 2.75) is 6.92 Å². The molecule has 0 saturated carbocycles. The largest absolute Gasteiger partial charge is 0.497 e. The average molecular weight is 381 g/mol. The maximum Gasteiger partial charge on any atom is 0.118 e. The number of ether oxygens (including phenoxy) is 2. The molecule has 0 radical (unpaired) electrons. The van der Waals surface area contributed by atoms with Gasteiger partial charge in [-0.1, -0.05) is 42.0 Å². The Kier molecular flexibility index (Phi) is 5.30. The van der Waals surface area contributed by atoms with Crippen molar-refractivity contribution >= 4 is 0 Å². The Labute approximate surface area is 171 Å². The molecule has 4 rings (SSSR count). The zero-order valence-electron chi connectivity index (χ0n) is 16.8. The fourth-order valence-electron chi connectivity index (χ4n) is 3.26. The first-order valence-corrected chi connectivity index (χ1v) is 9.54. The number of aryl methyl sites for hydroxylation is 1. The van der Waals surface area contributed by atoms with Crippen LogP contribution in [0.25, 0.3) is 33.6 Å². The molecule has 0 N–H and O–H groups in total. The van der Waals surface area contributed by atoms with Gasteiger partial charge in [-0.15, -0.1) is 0 Å². The van der Waals surface area contributed by atoms with E-state index in [0.717, 1.165) is 45.1 Å². The molecule has 0 amide bonds. The molecule has 1 aromatic heterocycles. The van der Waals surface area contributed by atoms with E-state index in [1.165, 1.54) is 5.56 Å². The Morgan fingerprint density at radius 1 is 0.517 bits per heavy atom. The Hall–Kier alpha value is -3.59. The van der Waals surface area contributed by atoms with E-state index >= 15 is 0 Å². The first kappa shape index (κ1) is 18.8. The number of pyridine rings is 1. The third-order valence-corrected chi connectivity index (χ3v) is 4.98. The molecule has 0 aliphatic rings. The van der Waals surface area contributed by atoms with Crippen molar-refractivity contribution in [1.29, 1.82) is 0 Å². The fourth-order valence-corrected chi connectivity index (χ4v) is 3.26. The van der Waals surface area contributed by atoms with E-state index in [0.29, 0.717) is 0 Å². The number of nitrogens with zero attached hydrogens (tertiary/aromatic N) is 1. The topological polar surface area (TPSA) is 31.4 Å². The van der Waals surface area contributed by atoms with Gasteiger partial charge in [0, 0.05) is 11.1 Å². The number of rotatable bonds is 5. The third-order valence-electron chi connectivity index (χ3n) is 4.98. The summed E-state index contributed by atoms with van der Waals surface area (Å²) in [7, 11) is 3.35. The van der Waals surface area contributed by atoms with E-state index in [4.69, 9.17) is 14.5 Å². The summed E-state index contributed by atoms with van der Waals surface area (Å²) < 4.78 is 10.6. The molecule has 4 aromatic rings. The molecule has 1 heterocycles. The highest BCUT2D eigenvalue weighted by atomic mass is 16.5. The van der Waals surface area contributed by atoms with Crippen molar-refractivity contribution in [2.24, 2.45) is 0 Å². The number of benzene rings is 3. The van der Waals surface area contributed by atoms with E-state index in [-0.39, 0.29) is 0 Å². The lowest BCUT2D eigenvalue weighted by molar-refractivity contribution is 0.415. The summed E-state index contributed by atoms with van der Waals surface area (Å²) in [6.45, 7) is 2.09. The van der Waals surface area contributed by atoms with Crippen LogP contribution in [0.3, 0.4) is 0 Å². The van der Waals surface area contributed by atoms with Crippen LogP contribution in [0.1, 0.15) is 5.56 Å². The van der Waals surface area contributed by atoms with Crippen molar-refractivity contribution in [1.82, 2.24) is 4.98 Å². The van der Waals surface area contributed by atoms with Gasteiger partial charge in [0.25, 0.3) is 0 Å². The number of methoxy groups -OCH3 is 2. The fraction of sp³-hybridized carbons (Fsp3) is 0.115. The molecule has 0 atom stereocenters. The van der Waals surface area contributed by atoms with E-state index in [9.17, 15) is 0 Å². The van der Waals surface area contributed by atoms with Crippen LogP contribution in [0.4, 0.5) is 0 Å². The molecule has 0 unspecified atom stereocenters. The van der Waals surface area contributed by atoms with Gasteiger partial charge in [-0.2, -0.15) is 0 Å². The van der Waals surface area contributed by atoms with Gasteiger partial charge in [0.2, 0.25) is 0 Å². The smallest absolute Gasteiger partial charge is 0.118 e. The van der Waals surface area contributed by atoms with E-state index < -0.39 is 0 Å². The number of aromatic nitrogens is 1. The highest BCUT2D eigenvalue weighted by molar-refractivity contribution is 5.77. The van der Waals surface area contributed by atoms with Crippen LogP contribution in [-0.2, 0) is 0 Å². The Bertz CT molecular complexity index is 1030. The van der Waals surface area contributed by atoms with Crippen molar-refractivity contribution in [3.8, 4) is 45.1 Å². The average Bonchev–Trinajstić information content (AvgIpc) is 2.79. The predicted molar refractivity (Wildman–Crippen MR) is 118 cm³/mol. The van der Waals surface area contributed by atoms with Crippen LogP contribution in [0, 0.1) is 6.92 Å². The van der Waals surface area contributed by atoms with E-state index in [1.807, 2.05) is 36.4 Å². The molecular formula is C26H23NO2. The second kappa shape index (κ2) is 8.19. The zero-order valence-corrected chi connectivity index (χ0v) is 16.8. The van der Waals surface area contributed by atoms with Gasteiger partial charge in [-0.3, -0.25) is 0 Å². The number of hydrogen-bond donors (Lipinski definition) is 0. The molecule has 144 valence electrons. The summed E-state index contributed by atoms with van der Waals surface area (Å²) in [4.78, 5) is 4.95. The second-order valence-corrected chi connectivity index (χ2v) is 6.95. The Morgan fingerprint density at radius 2 is 0.931 bits per heavy atom. The van der Waals surface area contributed by atoms with Crippen molar-refractivity contribution < 1.29 is 9.47 Å². The van der Waals surface area contributed by atoms with E-state index in [1.54, 1.807) is 14.2 Å². The quantitative estimate of drug-likeness (QED) is 0.400. The number of hydrogen-bond acceptors (Lipinski definition) is 3. The lowest BCUT2D eigenvalue weighted by atomic mass is 9.99. The summed E-state index contributed by atoms with van der Waals surface area (Å²) in [5.74, 6) is 1.68. The summed E-state index contributed by atoms with van der Waals surface area (Å²) >= 11 is 0. The lowest BCUT2D eigenvalue weighted by Crippen LogP contribution is -1.92. The summed E-state index contributed by atoms with van der Waals surface area (Å²) in [5.41, 5.74) is 7.49. The zero-order chi connectivity index (χ0) is 20.2. The minimum atomic E-state index is 0.832. The molecule has 0 bridgehead atoms. The SMILES string of the molecule is COc1ccc(-c2cc(-c3ccc(C)cc3)nc(-c3ccc(OC)cc3)c2)cc1. The van der Waals surface area contributed by atoms with Crippen LogP contribution in [0.15, 0.2) is 84.9 Å². The summed E-state index contributed by atoms with van der Waals surface area (Å²) in [5, 5.41) is 0. The van der Waals surface area contributed by atoms with Crippen LogP contribution in [-0.4, -0.2) is 19.2 Å². The first-order chi connectivity index (χ1) is 14.2. The Balaban J connectivity index is 1.84. The maximum absolute atomic E-state index is 5.30. The van der Waals surface area contributed by atoms with Crippen molar-refractivity contribution in [3.05, 3.63) is 90.5 Å². The van der Waals surface area contributed by atoms with Gasteiger partial charge in [0.05, 0.1) is 25.6 Å². The van der Waals surface area contributed by atoms with Gasteiger partial charge in [0.1, 0.15) is 11.5 Å². The second-order valence-electron chi connectivity index (χ2n) is 6.95. The van der Waals surface area contributed by atoms with Gasteiger partial charge < -0.3 is 9.47 Å². The molecule has 3 aromatic carbocycles. The Morgan fingerprint density at radius 3 is 1.38 bits per heavy atom. The maximum atomic E-state index is 5.30. The molecule has 0 fully saturated rings. The van der Waals surface area contributed by atoms with Gasteiger partial charge in [0.15, 0.2) is 0 Å². The monoisotopic (exact) mass is 381 g/mol. The van der Waals surface area contributed by atoms with Crippen LogP contribution in [0.5, 0.6) is 11.5 Å². The lowest BCUT2D eigenvalue weighted by Gasteiger charge is -2.11. The van der Waals surface area contributed by atoms with Crippen LogP contribution >= 0.6 is 0 Å². The van der Waals surface area contributed by atoms with Gasteiger partial charge in [-0.05, 0) is 66.6 Å². The van der Waals surface area contributed by atoms with Gasteiger partial charge in [-0.25, -0.2) is 4.98 Å². The highest BCUT2D eigenvalue weighted by Gasteiger charge is 2.09. The molecular weight excluding hydrogens is 358 g/mol. The minimum absolute atomic E-state index is 0.832.